The summed E-state index contributed by atoms with van der Waals surface area (Å²) in [5.74, 6) is -1.63. The lowest BCUT2D eigenvalue weighted by Crippen LogP contribution is -2.25. The largest absolute Gasteiger partial charge is 0.461 e. The molecule has 0 fully saturated rings. The quantitative estimate of drug-likeness (QED) is 0.338. The summed E-state index contributed by atoms with van der Waals surface area (Å²) in [4.78, 5) is 38.3. The molecule has 166 valence electrons. The van der Waals surface area contributed by atoms with Gasteiger partial charge in [0.25, 0.3) is 5.56 Å². The number of hydrogen-bond acceptors (Lipinski definition) is 6. The average Bonchev–Trinajstić information content (AvgIpc) is 3.23. The van der Waals surface area contributed by atoms with E-state index in [1.807, 2.05) is 30.3 Å². The summed E-state index contributed by atoms with van der Waals surface area (Å²) >= 11 is 1.10. The molecule has 2 aromatic heterocycles. The molecule has 0 radical (unpaired) electrons. The van der Waals surface area contributed by atoms with Crippen molar-refractivity contribution in [3.05, 3.63) is 93.5 Å². The average molecular weight is 463 g/mol. The molecule has 9 heteroatoms. The molecule has 0 saturated carbocycles. The van der Waals surface area contributed by atoms with Crippen LogP contribution in [0.3, 0.4) is 0 Å². The van der Waals surface area contributed by atoms with E-state index in [1.165, 1.54) is 30.3 Å². The number of carbonyl (C=O) groups excluding carboxylic acids is 2. The smallest absolute Gasteiger partial charge is 0.359 e. The Morgan fingerprint density at radius 1 is 1.15 bits per heavy atom. The first-order chi connectivity index (χ1) is 16.0. The maximum absolute atomic E-state index is 13.4. The summed E-state index contributed by atoms with van der Waals surface area (Å²) in [6.45, 7) is 1.78. The predicted octanol–water partition coefficient (Wildman–Crippen LogP) is 4.41. The molecule has 1 N–H and O–H groups in total. The van der Waals surface area contributed by atoms with Crippen molar-refractivity contribution >= 4 is 45.1 Å². The van der Waals surface area contributed by atoms with Gasteiger partial charge in [-0.1, -0.05) is 30.3 Å². The molecule has 0 aliphatic carbocycles. The molecule has 0 spiro atoms. The molecular weight excluding hydrogens is 445 g/mol. The zero-order valence-corrected chi connectivity index (χ0v) is 18.3. The van der Waals surface area contributed by atoms with Crippen molar-refractivity contribution in [2.24, 2.45) is 0 Å². The molecular formula is C24H18FN3O4S. The molecule has 0 saturated heterocycles. The van der Waals surface area contributed by atoms with E-state index < -0.39 is 23.3 Å². The number of fused-ring (bicyclic) bond motifs is 1. The highest BCUT2D eigenvalue weighted by atomic mass is 32.1. The number of nitrogens with one attached hydrogen (secondary N) is 1. The first-order valence-electron chi connectivity index (χ1n) is 9.99. The lowest BCUT2D eigenvalue weighted by molar-refractivity contribution is -0.111. The Balaban J connectivity index is 1.79. The molecule has 4 aromatic rings. The lowest BCUT2D eigenvalue weighted by atomic mass is 10.2. The third-order valence-electron chi connectivity index (χ3n) is 4.66. The number of anilines is 1. The summed E-state index contributed by atoms with van der Waals surface area (Å²) in [5, 5.41) is 9.09. The van der Waals surface area contributed by atoms with Crippen LogP contribution in [-0.4, -0.2) is 28.3 Å². The number of aromatic nitrogens is 2. The van der Waals surface area contributed by atoms with E-state index in [2.05, 4.69) is 10.4 Å². The Hall–Kier alpha value is -4.11. The van der Waals surface area contributed by atoms with E-state index in [4.69, 9.17) is 4.74 Å². The van der Waals surface area contributed by atoms with Crippen LogP contribution in [0.15, 0.2) is 70.8 Å². The van der Waals surface area contributed by atoms with Crippen LogP contribution in [0.25, 0.3) is 22.5 Å². The Kier molecular flexibility index (Phi) is 6.41. The van der Waals surface area contributed by atoms with Crippen LogP contribution in [0.4, 0.5) is 9.39 Å². The molecule has 0 atom stereocenters. The summed E-state index contributed by atoms with van der Waals surface area (Å²) in [7, 11) is 0. The molecule has 4 rings (SSSR count). The molecule has 0 aliphatic heterocycles. The van der Waals surface area contributed by atoms with Gasteiger partial charge in [0.05, 0.1) is 17.7 Å². The van der Waals surface area contributed by atoms with Crippen molar-refractivity contribution in [1.82, 2.24) is 9.78 Å². The van der Waals surface area contributed by atoms with Gasteiger partial charge in [-0.05, 0) is 42.8 Å². The minimum absolute atomic E-state index is 0.0765. The molecule has 2 aromatic carbocycles. The van der Waals surface area contributed by atoms with Gasteiger partial charge in [-0.15, -0.1) is 11.3 Å². The topological polar surface area (TPSA) is 90.3 Å². The van der Waals surface area contributed by atoms with Crippen molar-refractivity contribution in [3.63, 3.8) is 0 Å². The van der Waals surface area contributed by atoms with Crippen LogP contribution in [0.1, 0.15) is 23.0 Å². The molecule has 0 unspecified atom stereocenters. The first-order valence-corrected chi connectivity index (χ1v) is 10.9. The number of ether oxygens (including phenoxy) is 1. The Labute approximate surface area is 191 Å². The van der Waals surface area contributed by atoms with Gasteiger partial charge in [0.15, 0.2) is 5.69 Å². The first kappa shape index (κ1) is 22.1. The standard InChI is InChI=1S/C24H18FN3O4S/c1-2-32-24(31)21-18-14-33-22(26-19(29)13-8-15-6-4-3-5-7-15)20(18)23(30)28(27-21)17-11-9-16(25)10-12-17/h3-14H,2H2,1H3,(H,26,29). The fourth-order valence-corrected chi connectivity index (χ4v) is 4.08. The zero-order valence-electron chi connectivity index (χ0n) is 17.4. The van der Waals surface area contributed by atoms with Gasteiger partial charge in [0, 0.05) is 16.8 Å². The number of thiophene rings is 1. The second-order valence-electron chi connectivity index (χ2n) is 6.85. The summed E-state index contributed by atoms with van der Waals surface area (Å²) in [5.41, 5.74) is 0.470. The van der Waals surface area contributed by atoms with Crippen LogP contribution < -0.4 is 10.9 Å². The van der Waals surface area contributed by atoms with Crippen molar-refractivity contribution in [3.8, 4) is 5.69 Å². The van der Waals surface area contributed by atoms with Gasteiger partial charge in [-0.2, -0.15) is 9.78 Å². The van der Waals surface area contributed by atoms with Crippen molar-refractivity contribution in [2.75, 3.05) is 11.9 Å². The summed E-state index contributed by atoms with van der Waals surface area (Å²) in [6.07, 6.45) is 3.00. The second kappa shape index (κ2) is 9.58. The van der Waals surface area contributed by atoms with Crippen molar-refractivity contribution in [2.45, 2.75) is 6.92 Å². The number of carbonyl (C=O) groups is 2. The van der Waals surface area contributed by atoms with E-state index in [0.717, 1.165) is 21.6 Å². The predicted molar refractivity (Wildman–Crippen MR) is 125 cm³/mol. The van der Waals surface area contributed by atoms with Crippen LogP contribution in [0.2, 0.25) is 0 Å². The Morgan fingerprint density at radius 3 is 2.58 bits per heavy atom. The normalized spacial score (nSPS) is 11.1. The maximum atomic E-state index is 13.4. The fraction of sp³-hybridized carbons (Fsp3) is 0.0833. The molecule has 7 nitrogen and oxygen atoms in total. The lowest BCUT2D eigenvalue weighted by Gasteiger charge is -2.09. The molecule has 0 aliphatic rings. The van der Waals surface area contributed by atoms with Crippen LogP contribution in [0, 0.1) is 5.82 Å². The third-order valence-corrected chi connectivity index (χ3v) is 5.55. The maximum Gasteiger partial charge on any atom is 0.359 e. The van der Waals surface area contributed by atoms with Gasteiger partial charge >= 0.3 is 5.97 Å². The minimum Gasteiger partial charge on any atom is -0.461 e. The van der Waals surface area contributed by atoms with E-state index >= 15 is 0 Å². The van der Waals surface area contributed by atoms with Gasteiger partial charge < -0.3 is 10.1 Å². The van der Waals surface area contributed by atoms with Crippen molar-refractivity contribution in [1.29, 1.82) is 0 Å². The highest BCUT2D eigenvalue weighted by Gasteiger charge is 2.23. The second-order valence-corrected chi connectivity index (χ2v) is 7.73. The van der Waals surface area contributed by atoms with E-state index in [0.29, 0.717) is 0 Å². The number of benzene rings is 2. The number of halogens is 1. The number of esters is 1. The molecule has 33 heavy (non-hydrogen) atoms. The summed E-state index contributed by atoms with van der Waals surface area (Å²) < 4.78 is 19.5. The van der Waals surface area contributed by atoms with E-state index in [9.17, 15) is 18.8 Å². The van der Waals surface area contributed by atoms with Gasteiger partial charge in [0.1, 0.15) is 10.8 Å². The van der Waals surface area contributed by atoms with E-state index in [-0.39, 0.29) is 33.8 Å². The molecule has 1 amide bonds. The number of nitrogens with zero attached hydrogens (tertiary/aromatic N) is 2. The van der Waals surface area contributed by atoms with E-state index in [1.54, 1.807) is 18.4 Å². The van der Waals surface area contributed by atoms with Crippen LogP contribution in [0.5, 0.6) is 0 Å². The summed E-state index contributed by atoms with van der Waals surface area (Å²) in [6, 6.07) is 14.4. The highest BCUT2D eigenvalue weighted by molar-refractivity contribution is 7.16. The third kappa shape index (κ3) is 4.73. The van der Waals surface area contributed by atoms with Gasteiger partial charge in [-0.3, -0.25) is 9.59 Å². The van der Waals surface area contributed by atoms with Crippen LogP contribution >= 0.6 is 11.3 Å². The van der Waals surface area contributed by atoms with Crippen molar-refractivity contribution < 1.29 is 18.7 Å². The number of amides is 1. The fourth-order valence-electron chi connectivity index (χ4n) is 3.14. The Morgan fingerprint density at radius 2 is 1.88 bits per heavy atom. The molecule has 0 bridgehead atoms. The number of hydrogen-bond donors (Lipinski definition) is 1. The Bertz CT molecular complexity index is 1410. The monoisotopic (exact) mass is 463 g/mol. The SMILES string of the molecule is CCOC(=O)c1nn(-c2ccc(F)cc2)c(=O)c2c(NC(=O)C=Cc3ccccc3)scc12. The highest BCUT2D eigenvalue weighted by Crippen LogP contribution is 2.30. The van der Waals surface area contributed by atoms with Gasteiger partial charge in [0.2, 0.25) is 5.91 Å². The minimum atomic E-state index is -0.710. The van der Waals surface area contributed by atoms with Gasteiger partial charge in [-0.25, -0.2) is 9.18 Å². The van der Waals surface area contributed by atoms with Crippen LogP contribution in [-0.2, 0) is 9.53 Å². The zero-order chi connectivity index (χ0) is 23.4. The molecule has 2 heterocycles. The number of rotatable bonds is 6.